The molecule has 0 saturated heterocycles. The molecule has 0 heterocycles. The normalized spacial score (nSPS) is 12.8. The molecule has 0 bridgehead atoms. The zero-order valence-electron chi connectivity index (χ0n) is 11.5. The smallest absolute Gasteiger partial charge is 0.119 e. The molecule has 2 nitrogen and oxygen atoms in total. The minimum absolute atomic E-state index is 0.539. The molecule has 17 heavy (non-hydrogen) atoms. The van der Waals surface area contributed by atoms with E-state index in [1.54, 1.807) is 0 Å². The summed E-state index contributed by atoms with van der Waals surface area (Å²) in [5.74, 6) is 1.51. The monoisotopic (exact) mass is 235 g/mol. The summed E-state index contributed by atoms with van der Waals surface area (Å²) in [6.07, 6.45) is 1.05. The number of hydrogen-bond donors (Lipinski definition) is 1. The van der Waals surface area contributed by atoms with E-state index >= 15 is 0 Å². The molecule has 0 aliphatic rings. The van der Waals surface area contributed by atoms with Crippen molar-refractivity contribution in [3.63, 3.8) is 0 Å². The van der Waals surface area contributed by atoms with Gasteiger partial charge in [-0.15, -0.1) is 0 Å². The van der Waals surface area contributed by atoms with E-state index < -0.39 is 0 Å². The molecule has 1 atom stereocenters. The maximum atomic E-state index is 5.57. The largest absolute Gasteiger partial charge is 0.494 e. The maximum Gasteiger partial charge on any atom is 0.119 e. The lowest BCUT2D eigenvalue weighted by Gasteiger charge is -2.15. The van der Waals surface area contributed by atoms with Gasteiger partial charge < -0.3 is 10.1 Å². The van der Waals surface area contributed by atoms with Gasteiger partial charge in [0.1, 0.15) is 5.75 Å². The summed E-state index contributed by atoms with van der Waals surface area (Å²) in [7, 11) is 0. The van der Waals surface area contributed by atoms with Crippen molar-refractivity contribution in [3.8, 4) is 5.75 Å². The van der Waals surface area contributed by atoms with Crippen molar-refractivity contribution in [2.75, 3.05) is 13.2 Å². The second kappa shape index (κ2) is 7.33. The first-order valence-electron chi connectivity index (χ1n) is 6.59. The van der Waals surface area contributed by atoms with Crippen LogP contribution in [0.15, 0.2) is 24.3 Å². The quantitative estimate of drug-likeness (QED) is 0.780. The number of hydrogen-bond acceptors (Lipinski definition) is 2. The Morgan fingerprint density at radius 2 is 1.76 bits per heavy atom. The van der Waals surface area contributed by atoms with E-state index in [2.05, 4.69) is 57.3 Å². The van der Waals surface area contributed by atoms with Gasteiger partial charge in [0.05, 0.1) is 6.61 Å². The fourth-order valence-electron chi connectivity index (χ4n) is 1.64. The van der Waals surface area contributed by atoms with Crippen molar-refractivity contribution in [2.45, 2.75) is 46.1 Å². The molecule has 1 aromatic carbocycles. The summed E-state index contributed by atoms with van der Waals surface area (Å²) in [5.41, 5.74) is 1.36. The number of rotatable bonds is 7. The van der Waals surface area contributed by atoms with Gasteiger partial charge in [0, 0.05) is 12.6 Å². The van der Waals surface area contributed by atoms with Gasteiger partial charge >= 0.3 is 0 Å². The third-order valence-electron chi connectivity index (χ3n) is 2.75. The molecule has 0 saturated carbocycles. The molecule has 0 aliphatic heterocycles. The van der Waals surface area contributed by atoms with Gasteiger partial charge in [-0.1, -0.05) is 39.8 Å². The van der Waals surface area contributed by atoms with Crippen LogP contribution in [-0.4, -0.2) is 19.2 Å². The van der Waals surface area contributed by atoms with Crippen LogP contribution in [0.3, 0.4) is 0 Å². The van der Waals surface area contributed by atoms with Crippen LogP contribution in [0.4, 0.5) is 0 Å². The topological polar surface area (TPSA) is 21.3 Å². The van der Waals surface area contributed by atoms with Crippen LogP contribution in [0.1, 0.15) is 45.6 Å². The summed E-state index contributed by atoms with van der Waals surface area (Å²) in [5, 5.41) is 3.46. The number of ether oxygens (including phenoxy) is 1. The molecule has 0 fully saturated rings. The summed E-state index contributed by atoms with van der Waals surface area (Å²) >= 11 is 0. The SMILES string of the molecule is CCCOc1ccc(C(C)CNC(C)C)cc1. The van der Waals surface area contributed by atoms with Gasteiger partial charge in [0.2, 0.25) is 0 Å². The van der Waals surface area contributed by atoms with Gasteiger partial charge in [-0.25, -0.2) is 0 Å². The second-order valence-electron chi connectivity index (χ2n) is 4.88. The Morgan fingerprint density at radius 1 is 1.12 bits per heavy atom. The van der Waals surface area contributed by atoms with Crippen molar-refractivity contribution < 1.29 is 4.74 Å². The highest BCUT2D eigenvalue weighted by molar-refractivity contribution is 5.29. The fourth-order valence-corrected chi connectivity index (χ4v) is 1.64. The Balaban J connectivity index is 2.48. The molecule has 0 aliphatic carbocycles. The lowest BCUT2D eigenvalue weighted by Crippen LogP contribution is -2.26. The molecule has 0 amide bonds. The van der Waals surface area contributed by atoms with Crippen LogP contribution in [0.25, 0.3) is 0 Å². The van der Waals surface area contributed by atoms with Crippen LogP contribution >= 0.6 is 0 Å². The van der Waals surface area contributed by atoms with E-state index in [0.717, 1.165) is 25.3 Å². The van der Waals surface area contributed by atoms with Gasteiger partial charge in [-0.05, 0) is 30.0 Å². The molecular formula is C15H25NO. The molecule has 1 N–H and O–H groups in total. The van der Waals surface area contributed by atoms with E-state index in [9.17, 15) is 0 Å². The number of benzene rings is 1. The standard InChI is InChI=1S/C15H25NO/c1-5-10-17-15-8-6-14(7-9-15)13(4)11-16-12(2)3/h6-9,12-13,16H,5,10-11H2,1-4H3. The first-order chi connectivity index (χ1) is 8.13. The van der Waals surface area contributed by atoms with E-state index in [4.69, 9.17) is 4.74 Å². The van der Waals surface area contributed by atoms with Gasteiger partial charge in [0.15, 0.2) is 0 Å². The van der Waals surface area contributed by atoms with E-state index in [-0.39, 0.29) is 0 Å². The molecule has 1 unspecified atom stereocenters. The zero-order valence-corrected chi connectivity index (χ0v) is 11.5. The Morgan fingerprint density at radius 3 is 2.29 bits per heavy atom. The van der Waals surface area contributed by atoms with Gasteiger partial charge in [-0.2, -0.15) is 0 Å². The average Bonchev–Trinajstić information content (AvgIpc) is 2.34. The summed E-state index contributed by atoms with van der Waals surface area (Å²) in [4.78, 5) is 0. The van der Waals surface area contributed by atoms with Gasteiger partial charge in [-0.3, -0.25) is 0 Å². The Bertz CT molecular complexity index is 305. The lowest BCUT2D eigenvalue weighted by molar-refractivity contribution is 0.317. The first-order valence-corrected chi connectivity index (χ1v) is 6.59. The van der Waals surface area contributed by atoms with Gasteiger partial charge in [0.25, 0.3) is 0 Å². The Hall–Kier alpha value is -1.02. The van der Waals surface area contributed by atoms with Crippen molar-refractivity contribution in [3.05, 3.63) is 29.8 Å². The summed E-state index contributed by atoms with van der Waals surface area (Å²) in [6, 6.07) is 9.01. The highest BCUT2D eigenvalue weighted by atomic mass is 16.5. The van der Waals surface area contributed by atoms with E-state index in [0.29, 0.717) is 12.0 Å². The lowest BCUT2D eigenvalue weighted by atomic mass is 10.0. The molecule has 2 heteroatoms. The van der Waals surface area contributed by atoms with Crippen LogP contribution in [0.5, 0.6) is 5.75 Å². The third-order valence-corrected chi connectivity index (χ3v) is 2.75. The van der Waals surface area contributed by atoms with Crippen LogP contribution in [0, 0.1) is 0 Å². The molecule has 1 rings (SSSR count). The third kappa shape index (κ3) is 5.22. The second-order valence-corrected chi connectivity index (χ2v) is 4.88. The summed E-state index contributed by atoms with van der Waals surface area (Å²) in [6.45, 7) is 10.5. The fraction of sp³-hybridized carbons (Fsp3) is 0.600. The Labute approximate surface area is 105 Å². The predicted octanol–water partition coefficient (Wildman–Crippen LogP) is 3.58. The molecule has 0 aromatic heterocycles. The molecular weight excluding hydrogens is 210 g/mol. The van der Waals surface area contributed by atoms with Crippen LogP contribution < -0.4 is 10.1 Å². The molecule has 1 aromatic rings. The first kappa shape index (κ1) is 14.0. The minimum Gasteiger partial charge on any atom is -0.494 e. The molecule has 96 valence electrons. The van der Waals surface area contributed by atoms with Crippen molar-refractivity contribution >= 4 is 0 Å². The molecule has 0 radical (unpaired) electrons. The Kier molecular flexibility index (Phi) is 6.06. The number of nitrogens with one attached hydrogen (secondary N) is 1. The predicted molar refractivity (Wildman–Crippen MR) is 73.8 cm³/mol. The van der Waals surface area contributed by atoms with Crippen LogP contribution in [-0.2, 0) is 0 Å². The van der Waals surface area contributed by atoms with Crippen molar-refractivity contribution in [1.29, 1.82) is 0 Å². The van der Waals surface area contributed by atoms with Crippen molar-refractivity contribution in [1.82, 2.24) is 5.32 Å². The van der Waals surface area contributed by atoms with Crippen molar-refractivity contribution in [2.24, 2.45) is 0 Å². The van der Waals surface area contributed by atoms with Crippen LogP contribution in [0.2, 0.25) is 0 Å². The summed E-state index contributed by atoms with van der Waals surface area (Å²) < 4.78 is 5.57. The van der Waals surface area contributed by atoms with E-state index in [1.165, 1.54) is 5.56 Å². The minimum atomic E-state index is 0.539. The highest BCUT2D eigenvalue weighted by Gasteiger charge is 2.06. The maximum absolute atomic E-state index is 5.57. The molecule has 0 spiro atoms. The average molecular weight is 235 g/mol. The highest BCUT2D eigenvalue weighted by Crippen LogP contribution is 2.19. The van der Waals surface area contributed by atoms with E-state index in [1.807, 2.05) is 0 Å². The zero-order chi connectivity index (χ0) is 12.7.